The van der Waals surface area contributed by atoms with Crippen molar-refractivity contribution < 1.29 is 4.42 Å². The first-order valence-electron chi connectivity index (χ1n) is 16.8. The maximum absolute atomic E-state index is 6.45. The van der Waals surface area contributed by atoms with E-state index < -0.39 is 0 Å². The molecule has 0 aliphatic heterocycles. The number of hydrogen-bond acceptors (Lipinski definition) is 1. The molecule has 10 rings (SSSR count). The zero-order chi connectivity index (χ0) is 32.3. The molecule has 0 aliphatic carbocycles. The summed E-state index contributed by atoms with van der Waals surface area (Å²) in [5, 5.41) is 9.79. The lowest BCUT2D eigenvalue weighted by molar-refractivity contribution is 0.670. The second-order valence-corrected chi connectivity index (χ2v) is 12.8. The summed E-state index contributed by atoms with van der Waals surface area (Å²) in [5.41, 5.74) is 11.5. The molecule has 0 spiro atoms. The molecule has 1 nitrogen and oxygen atoms in total. The van der Waals surface area contributed by atoms with E-state index in [1.807, 2.05) is 12.1 Å². The number of para-hydroxylation sites is 2. The van der Waals surface area contributed by atoms with Crippen molar-refractivity contribution in [2.24, 2.45) is 0 Å². The number of furan rings is 1. The van der Waals surface area contributed by atoms with Crippen LogP contribution in [0, 0.1) is 0 Å². The third kappa shape index (κ3) is 4.40. The normalized spacial score (nSPS) is 11.7. The Bertz CT molecular complexity index is 2830. The van der Waals surface area contributed by atoms with E-state index in [4.69, 9.17) is 4.42 Å². The van der Waals surface area contributed by atoms with Crippen LogP contribution in [-0.4, -0.2) is 0 Å². The fourth-order valence-corrected chi connectivity index (χ4v) is 7.89. The van der Waals surface area contributed by atoms with E-state index in [1.54, 1.807) is 0 Å². The second-order valence-electron chi connectivity index (χ2n) is 12.8. The highest BCUT2D eigenvalue weighted by atomic mass is 16.3. The highest BCUT2D eigenvalue weighted by molar-refractivity contribution is 6.22. The lowest BCUT2D eigenvalue weighted by atomic mass is 9.84. The van der Waals surface area contributed by atoms with Crippen LogP contribution in [0.4, 0.5) is 0 Å². The van der Waals surface area contributed by atoms with E-state index in [9.17, 15) is 0 Å². The van der Waals surface area contributed by atoms with E-state index >= 15 is 0 Å². The van der Waals surface area contributed by atoms with Gasteiger partial charge in [0.25, 0.3) is 0 Å². The maximum atomic E-state index is 6.45. The van der Waals surface area contributed by atoms with Crippen molar-refractivity contribution in [3.8, 4) is 44.5 Å². The summed E-state index contributed by atoms with van der Waals surface area (Å²) in [6.45, 7) is 0. The minimum atomic E-state index is 0.915. The van der Waals surface area contributed by atoms with Crippen LogP contribution < -0.4 is 0 Å². The van der Waals surface area contributed by atoms with Gasteiger partial charge in [0, 0.05) is 16.3 Å². The van der Waals surface area contributed by atoms with Crippen molar-refractivity contribution in [2.45, 2.75) is 0 Å². The van der Waals surface area contributed by atoms with Crippen molar-refractivity contribution in [1.29, 1.82) is 0 Å². The molecule has 1 heteroatoms. The summed E-state index contributed by atoms with van der Waals surface area (Å²) in [7, 11) is 0. The Kier molecular flexibility index (Phi) is 6.25. The highest BCUT2D eigenvalue weighted by Crippen LogP contribution is 2.45. The molecular formula is C48H30O. The van der Waals surface area contributed by atoms with Gasteiger partial charge in [-0.1, -0.05) is 164 Å². The van der Waals surface area contributed by atoms with Gasteiger partial charge >= 0.3 is 0 Å². The van der Waals surface area contributed by atoms with Gasteiger partial charge in [0.1, 0.15) is 11.2 Å². The summed E-state index contributed by atoms with van der Waals surface area (Å²) in [5.74, 6) is 0. The van der Waals surface area contributed by atoms with Crippen LogP contribution in [-0.2, 0) is 0 Å². The molecule has 9 aromatic carbocycles. The van der Waals surface area contributed by atoms with Gasteiger partial charge in [-0.15, -0.1) is 0 Å². The van der Waals surface area contributed by atoms with E-state index in [-0.39, 0.29) is 0 Å². The van der Waals surface area contributed by atoms with Crippen LogP contribution in [0.1, 0.15) is 0 Å². The number of benzene rings is 9. The Balaban J connectivity index is 1.19. The van der Waals surface area contributed by atoms with Gasteiger partial charge in [-0.25, -0.2) is 0 Å². The molecule has 0 unspecified atom stereocenters. The van der Waals surface area contributed by atoms with Gasteiger partial charge in [-0.3, -0.25) is 0 Å². The van der Waals surface area contributed by atoms with Crippen LogP contribution in [0.15, 0.2) is 186 Å². The van der Waals surface area contributed by atoms with Gasteiger partial charge in [0.05, 0.1) is 0 Å². The first-order chi connectivity index (χ1) is 24.3. The third-order valence-electron chi connectivity index (χ3n) is 10.0. The predicted molar refractivity (Wildman–Crippen MR) is 208 cm³/mol. The van der Waals surface area contributed by atoms with Crippen molar-refractivity contribution in [3.63, 3.8) is 0 Å². The molecule has 0 saturated carbocycles. The standard InChI is InChI=1S/C48H30O/c1-2-19-36-31(13-1)14-11-25-37(36)32-15-9-17-34(29-32)46-40-21-3-5-23-42(40)47(43-24-6-4-22-41(43)46)35-18-10-16-33(30-35)38-26-12-27-44-39-20-7-8-28-45(39)49-48(38)44/h1-30H. The zero-order valence-corrected chi connectivity index (χ0v) is 26.7. The quantitative estimate of drug-likeness (QED) is 0.178. The largest absolute Gasteiger partial charge is 0.455 e. The number of fused-ring (bicyclic) bond motifs is 6. The molecule has 1 heterocycles. The van der Waals surface area contributed by atoms with Crippen LogP contribution in [0.25, 0.3) is 98.8 Å². The fourth-order valence-electron chi connectivity index (χ4n) is 7.89. The number of hydrogen-bond donors (Lipinski definition) is 0. The minimum absolute atomic E-state index is 0.915. The smallest absolute Gasteiger partial charge is 0.143 e. The summed E-state index contributed by atoms with van der Waals surface area (Å²) >= 11 is 0. The monoisotopic (exact) mass is 622 g/mol. The Morgan fingerprint density at radius 1 is 0.286 bits per heavy atom. The molecule has 0 saturated heterocycles. The molecule has 0 N–H and O–H groups in total. The van der Waals surface area contributed by atoms with Gasteiger partial charge in [-0.05, 0) is 89.5 Å². The molecule has 228 valence electrons. The Morgan fingerprint density at radius 3 is 1.37 bits per heavy atom. The summed E-state index contributed by atoms with van der Waals surface area (Å²) < 4.78 is 6.45. The first kappa shape index (κ1) is 27.7. The van der Waals surface area contributed by atoms with Gasteiger partial charge in [0.15, 0.2) is 0 Å². The van der Waals surface area contributed by atoms with Crippen molar-refractivity contribution in [1.82, 2.24) is 0 Å². The maximum Gasteiger partial charge on any atom is 0.143 e. The molecule has 49 heavy (non-hydrogen) atoms. The molecule has 10 aromatic rings. The van der Waals surface area contributed by atoms with Gasteiger partial charge in [0.2, 0.25) is 0 Å². The molecule has 0 radical (unpaired) electrons. The van der Waals surface area contributed by atoms with Gasteiger partial charge in [-0.2, -0.15) is 0 Å². The molecule has 0 fully saturated rings. The van der Waals surface area contributed by atoms with Crippen molar-refractivity contribution in [3.05, 3.63) is 182 Å². The summed E-state index contributed by atoms with van der Waals surface area (Å²) in [6, 6.07) is 65.8. The van der Waals surface area contributed by atoms with Crippen LogP contribution in [0.2, 0.25) is 0 Å². The zero-order valence-electron chi connectivity index (χ0n) is 26.7. The van der Waals surface area contributed by atoms with Crippen molar-refractivity contribution >= 4 is 54.3 Å². The Labute approximate surface area is 284 Å². The Morgan fingerprint density at radius 2 is 0.714 bits per heavy atom. The third-order valence-corrected chi connectivity index (χ3v) is 10.0. The van der Waals surface area contributed by atoms with E-state index in [0.717, 1.165) is 33.1 Å². The predicted octanol–water partition coefficient (Wildman–Crippen LogP) is 13.7. The van der Waals surface area contributed by atoms with E-state index in [1.165, 1.54) is 65.7 Å². The fraction of sp³-hybridized carbons (Fsp3) is 0. The van der Waals surface area contributed by atoms with Gasteiger partial charge < -0.3 is 4.42 Å². The van der Waals surface area contributed by atoms with Crippen LogP contribution in [0.3, 0.4) is 0 Å². The average molecular weight is 623 g/mol. The average Bonchev–Trinajstić information content (AvgIpc) is 3.56. The van der Waals surface area contributed by atoms with E-state index in [2.05, 4.69) is 170 Å². The molecule has 0 atom stereocenters. The molecular weight excluding hydrogens is 593 g/mol. The topological polar surface area (TPSA) is 13.1 Å². The molecule has 0 aliphatic rings. The lowest BCUT2D eigenvalue weighted by Gasteiger charge is -2.19. The minimum Gasteiger partial charge on any atom is -0.455 e. The first-order valence-corrected chi connectivity index (χ1v) is 16.8. The SMILES string of the molecule is c1cc(-c2cccc3ccccc23)cc(-c2c3ccccc3c(-c3cccc(-c4cccc5c4oc4ccccc45)c3)c3ccccc23)c1. The van der Waals surface area contributed by atoms with Crippen LogP contribution >= 0.6 is 0 Å². The molecule has 1 aromatic heterocycles. The lowest BCUT2D eigenvalue weighted by Crippen LogP contribution is -1.91. The second kappa shape index (κ2) is 11.1. The van der Waals surface area contributed by atoms with Crippen molar-refractivity contribution in [2.75, 3.05) is 0 Å². The molecule has 0 bridgehead atoms. The summed E-state index contributed by atoms with van der Waals surface area (Å²) in [4.78, 5) is 0. The molecule has 0 amide bonds. The number of rotatable bonds is 4. The van der Waals surface area contributed by atoms with E-state index in [0.29, 0.717) is 0 Å². The summed E-state index contributed by atoms with van der Waals surface area (Å²) in [6.07, 6.45) is 0. The Hall–Kier alpha value is -6.44. The highest BCUT2D eigenvalue weighted by Gasteiger charge is 2.18. The van der Waals surface area contributed by atoms with Crippen LogP contribution in [0.5, 0.6) is 0 Å².